The molecule has 0 aromatic rings. The van der Waals surface area contributed by atoms with Gasteiger partial charge >= 0.3 is 5.97 Å². The summed E-state index contributed by atoms with van der Waals surface area (Å²) < 4.78 is 17.2. The zero-order chi connectivity index (χ0) is 16.5. The fraction of sp³-hybridized carbons (Fsp3) is 0.842. The summed E-state index contributed by atoms with van der Waals surface area (Å²) in [5, 5.41) is 0. The van der Waals surface area contributed by atoms with Gasteiger partial charge in [0.15, 0.2) is 5.79 Å². The molecule has 4 nitrogen and oxygen atoms in total. The van der Waals surface area contributed by atoms with Crippen molar-refractivity contribution in [3.8, 4) is 0 Å². The van der Waals surface area contributed by atoms with Crippen molar-refractivity contribution in [1.82, 2.24) is 0 Å². The van der Waals surface area contributed by atoms with E-state index in [9.17, 15) is 4.79 Å². The van der Waals surface area contributed by atoms with E-state index in [1.807, 2.05) is 20.8 Å². The average molecular weight is 322 g/mol. The number of allylic oxidation sites excluding steroid dienone is 2. The first-order valence-electron chi connectivity index (χ1n) is 9.03. The molecule has 1 spiro atoms. The Labute approximate surface area is 139 Å². The molecule has 0 N–H and O–H groups in total. The zero-order valence-corrected chi connectivity index (χ0v) is 14.7. The first kappa shape index (κ1) is 17.0. The van der Waals surface area contributed by atoms with Crippen LogP contribution in [-0.4, -0.2) is 30.6 Å². The lowest BCUT2D eigenvalue weighted by Crippen LogP contribution is -2.41. The molecule has 23 heavy (non-hydrogen) atoms. The second-order valence-electron chi connectivity index (χ2n) is 8.35. The molecule has 2 bridgehead atoms. The van der Waals surface area contributed by atoms with Gasteiger partial charge < -0.3 is 14.2 Å². The van der Waals surface area contributed by atoms with Crippen LogP contribution in [0.2, 0.25) is 0 Å². The van der Waals surface area contributed by atoms with E-state index in [-0.39, 0.29) is 17.4 Å². The summed E-state index contributed by atoms with van der Waals surface area (Å²) in [5.74, 6) is 0.887. The molecule has 2 unspecified atom stereocenters. The molecule has 1 saturated heterocycles. The van der Waals surface area contributed by atoms with Gasteiger partial charge in [0.2, 0.25) is 0 Å². The maximum Gasteiger partial charge on any atom is 0.306 e. The summed E-state index contributed by atoms with van der Waals surface area (Å²) in [4.78, 5) is 11.8. The number of hydrogen-bond acceptors (Lipinski definition) is 4. The van der Waals surface area contributed by atoms with E-state index < -0.39 is 0 Å². The second kappa shape index (κ2) is 6.56. The number of carbonyl (C=O) groups excluding carboxylic acids is 1. The number of esters is 1. The minimum absolute atomic E-state index is 0.0826. The van der Waals surface area contributed by atoms with Gasteiger partial charge in [0.25, 0.3) is 0 Å². The normalized spacial score (nSPS) is 29.4. The van der Waals surface area contributed by atoms with Crippen molar-refractivity contribution < 1.29 is 19.0 Å². The van der Waals surface area contributed by atoms with E-state index in [1.54, 1.807) is 0 Å². The summed E-state index contributed by atoms with van der Waals surface area (Å²) in [6.45, 7) is 7.23. The average Bonchev–Trinajstić information content (AvgIpc) is 2.83. The topological polar surface area (TPSA) is 44.8 Å². The molecule has 1 aliphatic heterocycles. The van der Waals surface area contributed by atoms with E-state index in [0.717, 1.165) is 45.3 Å². The van der Waals surface area contributed by atoms with E-state index in [0.29, 0.717) is 18.3 Å². The predicted octanol–water partition coefficient (Wildman–Crippen LogP) is 3.99. The molecule has 2 atom stereocenters. The summed E-state index contributed by atoms with van der Waals surface area (Å²) in [6.07, 6.45) is 9.28. The smallest absolute Gasteiger partial charge is 0.306 e. The highest BCUT2D eigenvalue weighted by molar-refractivity contribution is 5.69. The SMILES string of the molecule is CC(C)(C)OC(=O)CCCC1=CC2CC(C1)CC1(C2)OCCO1. The molecule has 2 fully saturated rings. The van der Waals surface area contributed by atoms with E-state index in [2.05, 4.69) is 6.08 Å². The number of fused-ring (bicyclic) bond motifs is 2. The van der Waals surface area contributed by atoms with Crippen LogP contribution in [-0.2, 0) is 19.0 Å². The van der Waals surface area contributed by atoms with Crippen molar-refractivity contribution in [2.75, 3.05) is 13.2 Å². The minimum Gasteiger partial charge on any atom is -0.460 e. The van der Waals surface area contributed by atoms with Crippen LogP contribution in [0.4, 0.5) is 0 Å². The fourth-order valence-electron chi connectivity index (χ4n) is 4.34. The van der Waals surface area contributed by atoms with Crippen LogP contribution in [0.25, 0.3) is 0 Å². The third-order valence-corrected chi connectivity index (χ3v) is 4.94. The quantitative estimate of drug-likeness (QED) is 0.580. The van der Waals surface area contributed by atoms with E-state index in [4.69, 9.17) is 14.2 Å². The van der Waals surface area contributed by atoms with Crippen molar-refractivity contribution in [2.45, 2.75) is 77.1 Å². The van der Waals surface area contributed by atoms with Crippen molar-refractivity contribution in [3.63, 3.8) is 0 Å². The first-order chi connectivity index (χ1) is 10.8. The maximum atomic E-state index is 11.8. The third-order valence-electron chi connectivity index (χ3n) is 4.94. The highest BCUT2D eigenvalue weighted by Crippen LogP contribution is 2.47. The second-order valence-corrected chi connectivity index (χ2v) is 8.35. The van der Waals surface area contributed by atoms with Crippen LogP contribution in [0, 0.1) is 11.8 Å². The number of ether oxygens (including phenoxy) is 3. The number of hydrogen-bond donors (Lipinski definition) is 0. The van der Waals surface area contributed by atoms with Gasteiger partial charge in [0.1, 0.15) is 5.60 Å². The molecule has 3 aliphatic rings. The molecular weight excluding hydrogens is 292 g/mol. The van der Waals surface area contributed by atoms with Crippen LogP contribution >= 0.6 is 0 Å². The fourth-order valence-corrected chi connectivity index (χ4v) is 4.34. The molecule has 0 amide bonds. The van der Waals surface area contributed by atoms with Gasteiger partial charge in [-0.25, -0.2) is 0 Å². The largest absolute Gasteiger partial charge is 0.460 e. The molecule has 0 aromatic heterocycles. The molecule has 1 saturated carbocycles. The zero-order valence-electron chi connectivity index (χ0n) is 14.7. The molecular formula is C19H30O4. The summed E-state index contributed by atoms with van der Waals surface area (Å²) in [5.41, 5.74) is 1.14. The molecule has 0 radical (unpaired) electrons. The Morgan fingerprint density at radius 3 is 2.70 bits per heavy atom. The standard InChI is InChI=1S/C19H30O4/c1-18(2,3)23-17(20)6-4-5-14-9-15-11-16(10-14)13-19(12-15)21-7-8-22-19/h9,15-16H,4-8,10-13H2,1-3H3. The lowest BCUT2D eigenvalue weighted by atomic mass is 9.70. The van der Waals surface area contributed by atoms with Crippen molar-refractivity contribution in [2.24, 2.45) is 11.8 Å². The summed E-state index contributed by atoms with van der Waals surface area (Å²) in [7, 11) is 0. The van der Waals surface area contributed by atoms with Crippen LogP contribution in [0.3, 0.4) is 0 Å². The van der Waals surface area contributed by atoms with Crippen LogP contribution in [0.15, 0.2) is 11.6 Å². The Balaban J connectivity index is 1.47. The van der Waals surface area contributed by atoms with Gasteiger partial charge in [0, 0.05) is 19.3 Å². The Bertz CT molecular complexity index is 468. The first-order valence-corrected chi connectivity index (χ1v) is 9.03. The van der Waals surface area contributed by atoms with Crippen LogP contribution in [0.5, 0.6) is 0 Å². The Morgan fingerprint density at radius 2 is 2.04 bits per heavy atom. The van der Waals surface area contributed by atoms with E-state index >= 15 is 0 Å². The van der Waals surface area contributed by atoms with Gasteiger partial charge in [-0.05, 0) is 58.3 Å². The third kappa shape index (κ3) is 4.57. The highest BCUT2D eigenvalue weighted by Gasteiger charge is 2.45. The molecule has 2 aliphatic carbocycles. The van der Waals surface area contributed by atoms with Crippen LogP contribution < -0.4 is 0 Å². The van der Waals surface area contributed by atoms with Gasteiger partial charge in [0.05, 0.1) is 13.2 Å². The Morgan fingerprint density at radius 1 is 1.30 bits per heavy atom. The molecule has 1 heterocycles. The Hall–Kier alpha value is -0.870. The highest BCUT2D eigenvalue weighted by atomic mass is 16.7. The maximum absolute atomic E-state index is 11.8. The van der Waals surface area contributed by atoms with Crippen molar-refractivity contribution in [3.05, 3.63) is 11.6 Å². The molecule has 0 aromatic carbocycles. The van der Waals surface area contributed by atoms with E-state index in [1.165, 1.54) is 12.0 Å². The lowest BCUT2D eigenvalue weighted by molar-refractivity contribution is -0.195. The Kier molecular flexibility index (Phi) is 4.84. The molecule has 4 heteroatoms. The van der Waals surface area contributed by atoms with Gasteiger partial charge in [-0.1, -0.05) is 11.6 Å². The number of carbonyl (C=O) groups is 1. The lowest BCUT2D eigenvalue weighted by Gasteiger charge is -2.43. The number of rotatable bonds is 4. The molecule has 3 rings (SSSR count). The summed E-state index contributed by atoms with van der Waals surface area (Å²) in [6, 6.07) is 0. The predicted molar refractivity (Wildman–Crippen MR) is 87.9 cm³/mol. The van der Waals surface area contributed by atoms with Crippen molar-refractivity contribution in [1.29, 1.82) is 0 Å². The molecule has 130 valence electrons. The van der Waals surface area contributed by atoms with Gasteiger partial charge in [-0.2, -0.15) is 0 Å². The summed E-state index contributed by atoms with van der Waals surface area (Å²) >= 11 is 0. The van der Waals surface area contributed by atoms with Gasteiger partial charge in [-0.15, -0.1) is 0 Å². The monoisotopic (exact) mass is 322 g/mol. The van der Waals surface area contributed by atoms with Crippen molar-refractivity contribution >= 4 is 5.97 Å². The van der Waals surface area contributed by atoms with Gasteiger partial charge in [-0.3, -0.25) is 4.79 Å². The van der Waals surface area contributed by atoms with Crippen LogP contribution in [0.1, 0.15) is 65.7 Å². The minimum atomic E-state index is -0.381.